The van der Waals surface area contributed by atoms with Crippen molar-refractivity contribution in [2.24, 2.45) is 5.73 Å². The van der Waals surface area contributed by atoms with Crippen LogP contribution in [-0.2, 0) is 13.2 Å². The average molecular weight is 311 g/mol. The summed E-state index contributed by atoms with van der Waals surface area (Å²) in [5, 5.41) is 0. The van der Waals surface area contributed by atoms with Gasteiger partial charge in [-0.1, -0.05) is 6.07 Å². The molecule has 0 aliphatic heterocycles. The van der Waals surface area contributed by atoms with E-state index in [0.717, 1.165) is 16.2 Å². The number of ether oxygens (including phenoxy) is 1. The summed E-state index contributed by atoms with van der Waals surface area (Å²) in [5.74, 6) is 0.324. The lowest BCUT2D eigenvalue weighted by molar-refractivity contribution is 0.303. The molecule has 1 aromatic carbocycles. The van der Waals surface area contributed by atoms with Crippen LogP contribution in [0.2, 0.25) is 0 Å². The summed E-state index contributed by atoms with van der Waals surface area (Å²) < 4.78 is 19.3. The topological polar surface area (TPSA) is 48.1 Å². The minimum atomic E-state index is -0.367. The summed E-state index contributed by atoms with van der Waals surface area (Å²) in [6, 6.07) is 7.03. The molecule has 2 N–H and O–H groups in total. The molecule has 0 radical (unpaired) electrons. The highest BCUT2D eigenvalue weighted by molar-refractivity contribution is 9.10. The van der Waals surface area contributed by atoms with E-state index < -0.39 is 0 Å². The van der Waals surface area contributed by atoms with Crippen LogP contribution in [0.5, 0.6) is 5.75 Å². The van der Waals surface area contributed by atoms with Crippen LogP contribution >= 0.6 is 15.9 Å². The van der Waals surface area contributed by atoms with Gasteiger partial charge in [0, 0.05) is 18.3 Å². The van der Waals surface area contributed by atoms with Gasteiger partial charge in [0.25, 0.3) is 0 Å². The molecule has 18 heavy (non-hydrogen) atoms. The predicted octanol–water partition coefficient (Wildman–Crippen LogP) is 3.02. The Kier molecular flexibility index (Phi) is 4.28. The van der Waals surface area contributed by atoms with Crippen molar-refractivity contribution in [2.75, 3.05) is 0 Å². The Morgan fingerprint density at radius 3 is 2.72 bits per heavy atom. The molecule has 94 valence electrons. The summed E-state index contributed by atoms with van der Waals surface area (Å²) in [7, 11) is 0. The maximum Gasteiger partial charge on any atom is 0.141 e. The summed E-state index contributed by atoms with van der Waals surface area (Å²) in [6.45, 7) is 0.748. The van der Waals surface area contributed by atoms with Gasteiger partial charge in [0.1, 0.15) is 18.2 Å². The normalized spacial score (nSPS) is 10.4. The Bertz CT molecular complexity index is 548. The second-order valence-electron chi connectivity index (χ2n) is 3.77. The highest BCUT2D eigenvalue weighted by Crippen LogP contribution is 2.26. The fourth-order valence-electron chi connectivity index (χ4n) is 1.48. The van der Waals surface area contributed by atoms with E-state index in [1.807, 2.05) is 18.2 Å². The van der Waals surface area contributed by atoms with Gasteiger partial charge in [0.15, 0.2) is 0 Å². The summed E-state index contributed by atoms with van der Waals surface area (Å²) in [6.07, 6.45) is 2.74. The van der Waals surface area contributed by atoms with E-state index in [1.165, 1.54) is 6.07 Å². The van der Waals surface area contributed by atoms with Crippen molar-refractivity contribution in [3.63, 3.8) is 0 Å². The molecule has 0 fully saturated rings. The highest BCUT2D eigenvalue weighted by atomic mass is 79.9. The minimum Gasteiger partial charge on any atom is -0.488 e. The van der Waals surface area contributed by atoms with Crippen molar-refractivity contribution in [3.05, 3.63) is 58.1 Å². The summed E-state index contributed by atoms with van der Waals surface area (Å²) >= 11 is 3.41. The van der Waals surface area contributed by atoms with Gasteiger partial charge in [-0.25, -0.2) is 4.39 Å². The van der Waals surface area contributed by atoms with Crippen LogP contribution in [0.15, 0.2) is 41.1 Å². The van der Waals surface area contributed by atoms with Crippen molar-refractivity contribution < 1.29 is 9.13 Å². The van der Waals surface area contributed by atoms with Crippen LogP contribution in [0, 0.1) is 5.82 Å². The Morgan fingerprint density at radius 1 is 1.22 bits per heavy atom. The zero-order valence-electron chi connectivity index (χ0n) is 9.57. The first-order chi connectivity index (χ1) is 8.69. The Morgan fingerprint density at radius 2 is 2.06 bits per heavy atom. The first kappa shape index (κ1) is 13.0. The van der Waals surface area contributed by atoms with E-state index in [0.29, 0.717) is 17.9 Å². The third-order valence-electron chi connectivity index (χ3n) is 2.39. The van der Waals surface area contributed by atoms with Crippen molar-refractivity contribution in [2.45, 2.75) is 13.2 Å². The predicted molar refractivity (Wildman–Crippen MR) is 70.6 cm³/mol. The Hall–Kier alpha value is -1.46. The number of rotatable bonds is 4. The molecule has 0 amide bonds. The number of halogens is 2. The molecule has 1 aromatic heterocycles. The van der Waals surface area contributed by atoms with Gasteiger partial charge >= 0.3 is 0 Å². The van der Waals surface area contributed by atoms with Gasteiger partial charge in [-0.05, 0) is 39.7 Å². The van der Waals surface area contributed by atoms with Crippen LogP contribution in [0.25, 0.3) is 0 Å². The van der Waals surface area contributed by atoms with E-state index in [9.17, 15) is 4.39 Å². The molecule has 5 heteroatoms. The largest absolute Gasteiger partial charge is 0.488 e. The minimum absolute atomic E-state index is 0.269. The molecule has 0 unspecified atom stereocenters. The first-order valence-electron chi connectivity index (χ1n) is 5.40. The van der Waals surface area contributed by atoms with E-state index in [-0.39, 0.29) is 12.4 Å². The standard InChI is InChI=1S/C13H12BrFN2O/c14-12-4-9(5-16)1-2-13(12)18-8-10-3-11(15)7-17-6-10/h1-4,6-7H,5,8,16H2. The highest BCUT2D eigenvalue weighted by Gasteiger charge is 2.03. The molecular formula is C13H12BrFN2O. The van der Waals surface area contributed by atoms with Gasteiger partial charge < -0.3 is 10.5 Å². The molecule has 0 saturated carbocycles. The first-order valence-corrected chi connectivity index (χ1v) is 6.19. The molecule has 2 aromatic rings. The van der Waals surface area contributed by atoms with Gasteiger partial charge in [0.2, 0.25) is 0 Å². The maximum atomic E-state index is 12.9. The third-order valence-corrected chi connectivity index (χ3v) is 3.01. The number of hydrogen-bond acceptors (Lipinski definition) is 3. The SMILES string of the molecule is NCc1ccc(OCc2cncc(F)c2)c(Br)c1. The molecule has 0 bridgehead atoms. The fraction of sp³-hybridized carbons (Fsp3) is 0.154. The monoisotopic (exact) mass is 310 g/mol. The quantitative estimate of drug-likeness (QED) is 0.944. The number of hydrogen-bond donors (Lipinski definition) is 1. The lowest BCUT2D eigenvalue weighted by Gasteiger charge is -2.09. The second kappa shape index (κ2) is 5.93. The number of benzene rings is 1. The van der Waals surface area contributed by atoms with Crippen molar-refractivity contribution in [1.29, 1.82) is 0 Å². The van der Waals surface area contributed by atoms with E-state index in [1.54, 1.807) is 6.20 Å². The molecular weight excluding hydrogens is 299 g/mol. The maximum absolute atomic E-state index is 12.9. The van der Waals surface area contributed by atoms with Gasteiger partial charge in [-0.2, -0.15) is 0 Å². The molecule has 0 aliphatic rings. The van der Waals surface area contributed by atoms with Crippen LogP contribution in [-0.4, -0.2) is 4.98 Å². The molecule has 1 heterocycles. The Balaban J connectivity index is 2.06. The zero-order chi connectivity index (χ0) is 13.0. The van der Waals surface area contributed by atoms with Crippen molar-refractivity contribution in [3.8, 4) is 5.75 Å². The number of nitrogens with two attached hydrogens (primary N) is 1. The van der Waals surface area contributed by atoms with Crippen molar-refractivity contribution >= 4 is 15.9 Å². The van der Waals surface area contributed by atoms with E-state index in [4.69, 9.17) is 10.5 Å². The van der Waals surface area contributed by atoms with E-state index in [2.05, 4.69) is 20.9 Å². The van der Waals surface area contributed by atoms with E-state index >= 15 is 0 Å². The lowest BCUT2D eigenvalue weighted by atomic mass is 10.2. The summed E-state index contributed by atoms with van der Waals surface area (Å²) in [5.41, 5.74) is 7.24. The number of pyridine rings is 1. The number of nitrogens with zero attached hydrogens (tertiary/aromatic N) is 1. The fourth-order valence-corrected chi connectivity index (χ4v) is 2.02. The van der Waals surface area contributed by atoms with Gasteiger partial charge in [-0.15, -0.1) is 0 Å². The second-order valence-corrected chi connectivity index (χ2v) is 4.62. The van der Waals surface area contributed by atoms with Crippen LogP contribution in [0.4, 0.5) is 4.39 Å². The third kappa shape index (κ3) is 3.27. The molecule has 0 atom stereocenters. The van der Waals surface area contributed by atoms with Crippen LogP contribution < -0.4 is 10.5 Å². The summed E-state index contributed by atoms with van der Waals surface area (Å²) in [4.78, 5) is 3.76. The smallest absolute Gasteiger partial charge is 0.141 e. The van der Waals surface area contributed by atoms with Crippen LogP contribution in [0.1, 0.15) is 11.1 Å². The molecule has 0 saturated heterocycles. The zero-order valence-corrected chi connectivity index (χ0v) is 11.2. The average Bonchev–Trinajstić information content (AvgIpc) is 2.37. The van der Waals surface area contributed by atoms with Crippen LogP contribution in [0.3, 0.4) is 0 Å². The lowest BCUT2D eigenvalue weighted by Crippen LogP contribution is -1.99. The van der Waals surface area contributed by atoms with Crippen molar-refractivity contribution in [1.82, 2.24) is 4.98 Å². The van der Waals surface area contributed by atoms with Gasteiger partial charge in [0.05, 0.1) is 10.7 Å². The number of aromatic nitrogens is 1. The molecule has 0 spiro atoms. The molecule has 0 aliphatic carbocycles. The molecule has 3 nitrogen and oxygen atoms in total. The Labute approximate surface area is 113 Å². The van der Waals surface area contributed by atoms with Gasteiger partial charge in [-0.3, -0.25) is 4.98 Å². The molecule has 2 rings (SSSR count).